The topological polar surface area (TPSA) is 71.3 Å². The Morgan fingerprint density at radius 3 is 2.90 bits per heavy atom. The molecule has 0 saturated carbocycles. The first kappa shape index (κ1) is 14.1. The molecule has 104 valence electrons. The Morgan fingerprint density at radius 1 is 1.45 bits per heavy atom. The van der Waals surface area contributed by atoms with E-state index in [4.69, 9.17) is 5.11 Å². The van der Waals surface area contributed by atoms with Crippen LogP contribution >= 0.6 is 11.3 Å². The van der Waals surface area contributed by atoms with Crippen molar-refractivity contribution in [1.82, 2.24) is 9.88 Å². The molecular formula is C14H14N2O3S. The molecule has 0 aliphatic carbocycles. The Labute approximate surface area is 120 Å². The van der Waals surface area contributed by atoms with E-state index in [2.05, 4.69) is 5.32 Å². The summed E-state index contributed by atoms with van der Waals surface area (Å²) >= 11 is 1.48. The number of carboxylic acids is 1. The SMILES string of the molecule is Cn1cccc1C(=O)NCc1sccc1/C=C/C(=O)O. The first-order valence-electron chi connectivity index (χ1n) is 5.95. The minimum Gasteiger partial charge on any atom is -0.478 e. The van der Waals surface area contributed by atoms with E-state index in [1.807, 2.05) is 11.4 Å². The van der Waals surface area contributed by atoms with Crippen molar-refractivity contribution in [3.8, 4) is 0 Å². The van der Waals surface area contributed by atoms with Crippen molar-refractivity contribution in [2.75, 3.05) is 0 Å². The van der Waals surface area contributed by atoms with Gasteiger partial charge < -0.3 is 15.0 Å². The fraction of sp³-hybridized carbons (Fsp3) is 0.143. The summed E-state index contributed by atoms with van der Waals surface area (Å²) in [5, 5.41) is 13.3. The number of carboxylic acid groups (broad SMARTS) is 1. The third kappa shape index (κ3) is 3.36. The first-order valence-corrected chi connectivity index (χ1v) is 6.83. The molecule has 2 aromatic heterocycles. The number of rotatable bonds is 5. The Morgan fingerprint density at radius 2 is 2.25 bits per heavy atom. The molecule has 20 heavy (non-hydrogen) atoms. The van der Waals surface area contributed by atoms with Crippen LogP contribution < -0.4 is 5.32 Å². The lowest BCUT2D eigenvalue weighted by molar-refractivity contribution is -0.131. The number of aliphatic carboxylic acids is 1. The van der Waals surface area contributed by atoms with Crippen LogP contribution in [0.4, 0.5) is 0 Å². The van der Waals surface area contributed by atoms with E-state index in [-0.39, 0.29) is 5.91 Å². The fourth-order valence-corrected chi connectivity index (χ4v) is 2.56. The maximum Gasteiger partial charge on any atom is 0.328 e. The average molecular weight is 290 g/mol. The minimum absolute atomic E-state index is 0.154. The molecule has 2 aromatic rings. The largest absolute Gasteiger partial charge is 0.478 e. The number of nitrogens with one attached hydrogen (secondary N) is 1. The number of nitrogens with zero attached hydrogens (tertiary/aromatic N) is 1. The van der Waals surface area contributed by atoms with Gasteiger partial charge in [0.2, 0.25) is 0 Å². The van der Waals surface area contributed by atoms with Gasteiger partial charge in [0.15, 0.2) is 0 Å². The van der Waals surface area contributed by atoms with Gasteiger partial charge in [-0.15, -0.1) is 11.3 Å². The highest BCUT2D eigenvalue weighted by molar-refractivity contribution is 7.10. The lowest BCUT2D eigenvalue weighted by Crippen LogP contribution is -2.24. The molecule has 5 nitrogen and oxygen atoms in total. The Balaban J connectivity index is 2.01. The number of hydrogen-bond acceptors (Lipinski definition) is 3. The number of hydrogen-bond donors (Lipinski definition) is 2. The quantitative estimate of drug-likeness (QED) is 0.829. The zero-order valence-electron chi connectivity index (χ0n) is 10.9. The molecule has 0 bridgehead atoms. The van der Waals surface area contributed by atoms with E-state index in [0.717, 1.165) is 16.5 Å². The Bertz CT molecular complexity index is 655. The second-order valence-electron chi connectivity index (χ2n) is 4.16. The van der Waals surface area contributed by atoms with Crippen LogP contribution in [0.15, 0.2) is 35.9 Å². The van der Waals surface area contributed by atoms with Gasteiger partial charge >= 0.3 is 5.97 Å². The van der Waals surface area contributed by atoms with Gasteiger partial charge in [-0.2, -0.15) is 0 Å². The van der Waals surface area contributed by atoms with Crippen LogP contribution in [0.25, 0.3) is 6.08 Å². The molecule has 0 aromatic carbocycles. The third-order valence-corrected chi connectivity index (χ3v) is 3.71. The smallest absolute Gasteiger partial charge is 0.328 e. The van der Waals surface area contributed by atoms with E-state index in [0.29, 0.717) is 12.2 Å². The van der Waals surface area contributed by atoms with E-state index in [1.54, 1.807) is 29.9 Å². The molecule has 0 unspecified atom stereocenters. The average Bonchev–Trinajstić information content (AvgIpc) is 3.02. The molecule has 0 saturated heterocycles. The number of aryl methyl sites for hydroxylation is 1. The van der Waals surface area contributed by atoms with Crippen molar-refractivity contribution in [2.45, 2.75) is 6.54 Å². The summed E-state index contributed by atoms with van der Waals surface area (Å²) in [6.07, 6.45) is 4.43. The standard InChI is InChI=1S/C14H14N2O3S/c1-16-7-2-3-11(16)14(19)15-9-12-10(6-8-20-12)4-5-13(17)18/h2-8H,9H2,1H3,(H,15,19)(H,17,18)/b5-4+. The van der Waals surface area contributed by atoms with Gasteiger partial charge in [-0.1, -0.05) is 0 Å². The first-order chi connectivity index (χ1) is 9.58. The number of carbonyl (C=O) groups excluding carboxylic acids is 1. The molecule has 0 aliphatic heterocycles. The second kappa shape index (κ2) is 6.21. The van der Waals surface area contributed by atoms with Crippen LogP contribution in [0.3, 0.4) is 0 Å². The molecule has 6 heteroatoms. The van der Waals surface area contributed by atoms with Gasteiger partial charge in [-0.25, -0.2) is 4.79 Å². The summed E-state index contributed by atoms with van der Waals surface area (Å²) in [5.74, 6) is -1.14. The monoisotopic (exact) mass is 290 g/mol. The molecule has 2 N–H and O–H groups in total. The number of amides is 1. The van der Waals surface area contributed by atoms with Crippen LogP contribution in [-0.2, 0) is 18.4 Å². The van der Waals surface area contributed by atoms with Crippen LogP contribution in [0.2, 0.25) is 0 Å². The molecule has 0 atom stereocenters. The van der Waals surface area contributed by atoms with E-state index >= 15 is 0 Å². The van der Waals surface area contributed by atoms with Crippen molar-refractivity contribution in [1.29, 1.82) is 0 Å². The van der Waals surface area contributed by atoms with Crippen molar-refractivity contribution < 1.29 is 14.7 Å². The van der Waals surface area contributed by atoms with Crippen molar-refractivity contribution >= 4 is 29.3 Å². The van der Waals surface area contributed by atoms with Crippen molar-refractivity contribution in [2.24, 2.45) is 7.05 Å². The molecule has 0 fully saturated rings. The summed E-state index contributed by atoms with van der Waals surface area (Å²) in [6, 6.07) is 5.38. The molecule has 0 radical (unpaired) electrons. The molecule has 2 heterocycles. The zero-order chi connectivity index (χ0) is 14.5. The predicted molar refractivity (Wildman–Crippen MR) is 77.6 cm³/mol. The van der Waals surface area contributed by atoms with Gasteiger partial charge in [0.25, 0.3) is 5.91 Å². The Hall–Kier alpha value is -2.34. The number of aromatic nitrogens is 1. The van der Waals surface area contributed by atoms with Crippen molar-refractivity contribution in [3.63, 3.8) is 0 Å². The highest BCUT2D eigenvalue weighted by Crippen LogP contribution is 2.18. The van der Waals surface area contributed by atoms with Gasteiger partial charge in [0, 0.05) is 24.2 Å². The van der Waals surface area contributed by atoms with E-state index in [1.165, 1.54) is 17.4 Å². The van der Waals surface area contributed by atoms with E-state index in [9.17, 15) is 9.59 Å². The molecule has 0 aliphatic rings. The van der Waals surface area contributed by atoms with Crippen molar-refractivity contribution in [3.05, 3.63) is 52.0 Å². The maximum atomic E-state index is 12.0. The van der Waals surface area contributed by atoms with E-state index < -0.39 is 5.97 Å². The third-order valence-electron chi connectivity index (χ3n) is 2.77. The summed E-state index contributed by atoms with van der Waals surface area (Å²) in [6.45, 7) is 0.376. The summed E-state index contributed by atoms with van der Waals surface area (Å²) in [4.78, 5) is 23.4. The number of carbonyl (C=O) groups is 2. The van der Waals surface area contributed by atoms with Gasteiger partial charge in [-0.05, 0) is 35.2 Å². The number of thiophene rings is 1. The molecule has 1 amide bonds. The van der Waals surface area contributed by atoms with Crippen LogP contribution in [0.5, 0.6) is 0 Å². The van der Waals surface area contributed by atoms with Gasteiger partial charge in [-0.3, -0.25) is 4.79 Å². The molecular weight excluding hydrogens is 276 g/mol. The normalized spacial score (nSPS) is 10.8. The van der Waals surface area contributed by atoms with Gasteiger partial charge in [0.05, 0.1) is 6.54 Å². The van der Waals surface area contributed by atoms with Crippen LogP contribution in [-0.4, -0.2) is 21.6 Å². The predicted octanol–water partition coefficient (Wildman–Crippen LogP) is 2.11. The lowest BCUT2D eigenvalue weighted by atomic mass is 10.2. The summed E-state index contributed by atoms with van der Waals surface area (Å²) in [5.41, 5.74) is 1.40. The maximum absolute atomic E-state index is 12.0. The fourth-order valence-electron chi connectivity index (χ4n) is 1.75. The molecule has 0 spiro atoms. The summed E-state index contributed by atoms with van der Waals surface area (Å²) in [7, 11) is 1.81. The van der Waals surface area contributed by atoms with Gasteiger partial charge in [0.1, 0.15) is 5.69 Å². The highest BCUT2D eigenvalue weighted by Gasteiger charge is 2.09. The lowest BCUT2D eigenvalue weighted by Gasteiger charge is -2.05. The van der Waals surface area contributed by atoms with Crippen LogP contribution in [0.1, 0.15) is 20.9 Å². The summed E-state index contributed by atoms with van der Waals surface area (Å²) < 4.78 is 1.75. The second-order valence-corrected chi connectivity index (χ2v) is 5.16. The zero-order valence-corrected chi connectivity index (χ0v) is 11.7. The Kier molecular flexibility index (Phi) is 4.37. The minimum atomic E-state index is -0.991. The highest BCUT2D eigenvalue weighted by atomic mass is 32.1. The molecule has 2 rings (SSSR count). The van der Waals surface area contributed by atoms with Crippen LogP contribution in [0, 0.1) is 0 Å².